The van der Waals surface area contributed by atoms with Crippen molar-refractivity contribution in [2.45, 2.75) is 0 Å². The summed E-state index contributed by atoms with van der Waals surface area (Å²) in [5, 5.41) is 11.6. The van der Waals surface area contributed by atoms with E-state index in [2.05, 4.69) is 21.2 Å². The van der Waals surface area contributed by atoms with Crippen LogP contribution in [-0.2, 0) is 4.79 Å². The van der Waals surface area contributed by atoms with Gasteiger partial charge in [-0.3, -0.25) is 4.79 Å². The van der Waals surface area contributed by atoms with Gasteiger partial charge in [0.2, 0.25) is 0 Å². The Morgan fingerprint density at radius 3 is 2.52 bits per heavy atom. The van der Waals surface area contributed by atoms with Gasteiger partial charge >= 0.3 is 5.97 Å². The van der Waals surface area contributed by atoms with Gasteiger partial charge < -0.3 is 15.2 Å². The number of carboxylic acid groups (broad SMARTS) is 1. The van der Waals surface area contributed by atoms with Crippen LogP contribution in [0.15, 0.2) is 53.0 Å². The van der Waals surface area contributed by atoms with Gasteiger partial charge in [-0.25, -0.2) is 4.79 Å². The minimum Gasteiger partial charge on any atom is -0.484 e. The van der Waals surface area contributed by atoms with Gasteiger partial charge in [-0.15, -0.1) is 0 Å². The number of amides is 1. The van der Waals surface area contributed by atoms with E-state index in [0.717, 1.165) is 0 Å². The SMILES string of the molecule is O=C(COc1ccccc1)Nc1cc(Br)cc(C(=O)O)c1. The molecule has 2 aromatic carbocycles. The molecule has 0 aliphatic heterocycles. The second-order valence-corrected chi connectivity index (χ2v) is 5.10. The molecule has 1 amide bonds. The zero-order valence-electron chi connectivity index (χ0n) is 10.9. The number of para-hydroxylation sites is 1. The molecular weight excluding hydrogens is 338 g/mol. The molecule has 0 radical (unpaired) electrons. The number of anilines is 1. The first-order valence-electron chi connectivity index (χ1n) is 6.06. The molecule has 0 saturated heterocycles. The number of ether oxygens (including phenoxy) is 1. The highest BCUT2D eigenvalue weighted by atomic mass is 79.9. The van der Waals surface area contributed by atoms with Crippen LogP contribution >= 0.6 is 15.9 Å². The fourth-order valence-corrected chi connectivity index (χ4v) is 2.14. The van der Waals surface area contributed by atoms with E-state index >= 15 is 0 Å². The van der Waals surface area contributed by atoms with Crippen LogP contribution in [0.3, 0.4) is 0 Å². The van der Waals surface area contributed by atoms with Crippen LogP contribution in [0.25, 0.3) is 0 Å². The number of nitrogens with one attached hydrogen (secondary N) is 1. The van der Waals surface area contributed by atoms with Gasteiger partial charge in [0.1, 0.15) is 5.75 Å². The third-order valence-corrected chi connectivity index (χ3v) is 3.00. The summed E-state index contributed by atoms with van der Waals surface area (Å²) < 4.78 is 5.88. The van der Waals surface area contributed by atoms with Crippen LogP contribution < -0.4 is 10.1 Å². The van der Waals surface area contributed by atoms with E-state index in [1.807, 2.05) is 6.07 Å². The van der Waals surface area contributed by atoms with E-state index in [-0.39, 0.29) is 18.1 Å². The monoisotopic (exact) mass is 349 g/mol. The number of hydrogen-bond donors (Lipinski definition) is 2. The summed E-state index contributed by atoms with van der Waals surface area (Å²) in [5.41, 5.74) is 0.479. The average molecular weight is 350 g/mol. The number of aromatic carboxylic acids is 1. The van der Waals surface area contributed by atoms with E-state index in [1.54, 1.807) is 30.3 Å². The van der Waals surface area contributed by atoms with Crippen molar-refractivity contribution >= 4 is 33.5 Å². The highest BCUT2D eigenvalue weighted by Gasteiger charge is 2.09. The van der Waals surface area contributed by atoms with Crippen LogP contribution in [0.1, 0.15) is 10.4 Å². The molecule has 0 unspecified atom stereocenters. The molecule has 0 bridgehead atoms. The normalized spacial score (nSPS) is 9.95. The molecule has 2 aromatic rings. The van der Waals surface area contributed by atoms with Crippen molar-refractivity contribution in [3.05, 3.63) is 58.6 Å². The molecule has 2 N–H and O–H groups in total. The fourth-order valence-electron chi connectivity index (χ4n) is 1.65. The lowest BCUT2D eigenvalue weighted by Crippen LogP contribution is -2.20. The van der Waals surface area contributed by atoms with Crippen molar-refractivity contribution in [3.63, 3.8) is 0 Å². The predicted octanol–water partition coefficient (Wildman–Crippen LogP) is 3.16. The van der Waals surface area contributed by atoms with Crippen molar-refractivity contribution in [2.24, 2.45) is 0 Å². The summed E-state index contributed by atoms with van der Waals surface area (Å²) >= 11 is 3.20. The Bertz CT molecular complexity index is 658. The van der Waals surface area contributed by atoms with Crippen molar-refractivity contribution in [1.29, 1.82) is 0 Å². The van der Waals surface area contributed by atoms with Crippen molar-refractivity contribution in [2.75, 3.05) is 11.9 Å². The Balaban J connectivity index is 1.98. The molecule has 0 fully saturated rings. The number of carboxylic acids is 1. The van der Waals surface area contributed by atoms with Gasteiger partial charge in [0.15, 0.2) is 6.61 Å². The quantitative estimate of drug-likeness (QED) is 0.869. The van der Waals surface area contributed by atoms with Crippen molar-refractivity contribution in [3.8, 4) is 5.75 Å². The van der Waals surface area contributed by atoms with Gasteiger partial charge in [0, 0.05) is 10.2 Å². The smallest absolute Gasteiger partial charge is 0.335 e. The summed E-state index contributed by atoms with van der Waals surface area (Å²) in [7, 11) is 0. The number of carbonyl (C=O) groups is 2. The van der Waals surface area contributed by atoms with Crippen LogP contribution in [0.5, 0.6) is 5.75 Å². The second-order valence-electron chi connectivity index (χ2n) is 4.18. The Morgan fingerprint density at radius 1 is 1.14 bits per heavy atom. The molecule has 108 valence electrons. The average Bonchev–Trinajstić information content (AvgIpc) is 2.45. The van der Waals surface area contributed by atoms with E-state index in [0.29, 0.717) is 15.9 Å². The largest absolute Gasteiger partial charge is 0.484 e. The lowest BCUT2D eigenvalue weighted by molar-refractivity contribution is -0.118. The van der Waals surface area contributed by atoms with Crippen LogP contribution in [-0.4, -0.2) is 23.6 Å². The molecule has 21 heavy (non-hydrogen) atoms. The second kappa shape index (κ2) is 6.90. The summed E-state index contributed by atoms with van der Waals surface area (Å²) in [5.74, 6) is -0.839. The Hall–Kier alpha value is -2.34. The first kappa shape index (κ1) is 15.1. The lowest BCUT2D eigenvalue weighted by Gasteiger charge is -2.08. The van der Waals surface area contributed by atoms with Crippen LogP contribution in [0.2, 0.25) is 0 Å². The minimum atomic E-state index is -1.06. The molecule has 0 spiro atoms. The topological polar surface area (TPSA) is 75.6 Å². The predicted molar refractivity (Wildman–Crippen MR) is 81.7 cm³/mol. The van der Waals surface area contributed by atoms with Gasteiger partial charge in [0.25, 0.3) is 5.91 Å². The summed E-state index contributed by atoms with van der Waals surface area (Å²) in [6, 6.07) is 13.4. The highest BCUT2D eigenvalue weighted by molar-refractivity contribution is 9.10. The number of benzene rings is 2. The van der Waals surface area contributed by atoms with Crippen molar-refractivity contribution < 1.29 is 19.4 Å². The molecule has 0 aromatic heterocycles. The molecule has 0 aliphatic carbocycles. The standard InChI is InChI=1S/C15H12BrNO4/c16-11-6-10(15(19)20)7-12(8-11)17-14(18)9-21-13-4-2-1-3-5-13/h1-8H,9H2,(H,17,18)(H,19,20). The van der Waals surface area contributed by atoms with Gasteiger partial charge in [-0.05, 0) is 30.3 Å². The Labute approximate surface area is 129 Å². The van der Waals surface area contributed by atoms with E-state index in [9.17, 15) is 9.59 Å². The molecular formula is C15H12BrNO4. The molecule has 0 aliphatic rings. The zero-order chi connectivity index (χ0) is 15.2. The first-order valence-corrected chi connectivity index (χ1v) is 6.85. The van der Waals surface area contributed by atoms with Gasteiger partial charge in [-0.1, -0.05) is 34.1 Å². The fraction of sp³-hybridized carbons (Fsp3) is 0.0667. The third-order valence-electron chi connectivity index (χ3n) is 2.54. The first-order chi connectivity index (χ1) is 10.0. The Kier molecular flexibility index (Phi) is 4.94. The summed E-state index contributed by atoms with van der Waals surface area (Å²) in [6.45, 7) is -0.154. The number of carbonyl (C=O) groups excluding carboxylic acids is 1. The summed E-state index contributed by atoms with van der Waals surface area (Å²) in [4.78, 5) is 22.7. The molecule has 0 heterocycles. The van der Waals surface area contributed by atoms with Crippen LogP contribution in [0, 0.1) is 0 Å². The number of halogens is 1. The van der Waals surface area contributed by atoms with Crippen LogP contribution in [0.4, 0.5) is 5.69 Å². The minimum absolute atomic E-state index is 0.0867. The van der Waals surface area contributed by atoms with E-state index in [1.165, 1.54) is 12.1 Å². The number of rotatable bonds is 5. The molecule has 0 saturated carbocycles. The van der Waals surface area contributed by atoms with Gasteiger partial charge in [0.05, 0.1) is 5.56 Å². The van der Waals surface area contributed by atoms with Crippen molar-refractivity contribution in [1.82, 2.24) is 0 Å². The number of hydrogen-bond acceptors (Lipinski definition) is 3. The van der Waals surface area contributed by atoms with E-state index in [4.69, 9.17) is 9.84 Å². The summed E-state index contributed by atoms with van der Waals surface area (Å²) in [6.07, 6.45) is 0. The maximum Gasteiger partial charge on any atom is 0.335 e. The maximum absolute atomic E-state index is 11.8. The Morgan fingerprint density at radius 2 is 1.86 bits per heavy atom. The zero-order valence-corrected chi connectivity index (χ0v) is 12.5. The molecule has 2 rings (SSSR count). The molecule has 6 heteroatoms. The maximum atomic E-state index is 11.8. The third kappa shape index (κ3) is 4.61. The van der Waals surface area contributed by atoms with Gasteiger partial charge in [-0.2, -0.15) is 0 Å². The highest BCUT2D eigenvalue weighted by Crippen LogP contribution is 2.19. The lowest BCUT2D eigenvalue weighted by atomic mass is 10.2. The molecule has 0 atom stereocenters. The molecule has 5 nitrogen and oxygen atoms in total. The van der Waals surface area contributed by atoms with E-state index < -0.39 is 5.97 Å².